The van der Waals surface area contributed by atoms with Crippen molar-refractivity contribution in [3.63, 3.8) is 0 Å². The van der Waals surface area contributed by atoms with Gasteiger partial charge in [-0.25, -0.2) is 9.97 Å². The van der Waals surface area contributed by atoms with Gasteiger partial charge in [-0.3, -0.25) is 0 Å². The van der Waals surface area contributed by atoms with Gasteiger partial charge in [0.15, 0.2) is 6.29 Å². The molecule has 0 unspecified atom stereocenters. The van der Waals surface area contributed by atoms with Gasteiger partial charge in [-0.15, -0.1) is 0 Å². The van der Waals surface area contributed by atoms with E-state index in [9.17, 15) is 15.3 Å². The van der Waals surface area contributed by atoms with Gasteiger partial charge < -0.3 is 35.3 Å². The van der Waals surface area contributed by atoms with Crippen LogP contribution in [0.25, 0.3) is 11.3 Å². The lowest BCUT2D eigenvalue weighted by Gasteiger charge is -2.41. The molecule has 9 nitrogen and oxygen atoms in total. The molecule has 28 heavy (non-hydrogen) atoms. The molecule has 0 saturated carbocycles. The molecule has 1 fully saturated rings. The molecule has 0 radical (unpaired) electrons. The molecule has 5 N–H and O–H groups in total. The molecule has 1 aromatic carbocycles. The maximum atomic E-state index is 10.3. The number of aliphatic hydroxyl groups is 3. The monoisotopic (exact) mass is 411 g/mol. The van der Waals surface area contributed by atoms with Crippen LogP contribution in [0.3, 0.4) is 0 Å². The average Bonchev–Trinajstić information content (AvgIpc) is 2.68. The molecule has 1 saturated heterocycles. The quantitative estimate of drug-likeness (QED) is 0.529. The predicted molar refractivity (Wildman–Crippen MR) is 100 cm³/mol. The fourth-order valence-corrected chi connectivity index (χ4v) is 3.11. The molecular weight excluding hydrogens is 390 g/mol. The Morgan fingerprint density at radius 3 is 2.54 bits per heavy atom. The van der Waals surface area contributed by atoms with E-state index in [0.29, 0.717) is 16.4 Å². The third kappa shape index (κ3) is 4.58. The van der Waals surface area contributed by atoms with E-state index in [1.165, 1.54) is 7.11 Å². The summed E-state index contributed by atoms with van der Waals surface area (Å²) in [5.74, 6) is 0.0575. The molecule has 2 aromatic rings. The van der Waals surface area contributed by atoms with Crippen LogP contribution in [0.5, 0.6) is 0 Å². The average molecular weight is 412 g/mol. The summed E-state index contributed by atoms with van der Waals surface area (Å²) in [6.45, 7) is -0.505. The summed E-state index contributed by atoms with van der Waals surface area (Å²) in [7, 11) is 1.35. The summed E-state index contributed by atoms with van der Waals surface area (Å²) < 4.78 is 16.0. The first-order chi connectivity index (χ1) is 13.4. The lowest BCUT2D eigenvalue weighted by atomic mass is 9.99. The van der Waals surface area contributed by atoms with Gasteiger partial charge in [-0.2, -0.15) is 0 Å². The van der Waals surface area contributed by atoms with Crippen molar-refractivity contribution in [1.82, 2.24) is 9.97 Å². The largest absolute Gasteiger partial charge is 0.394 e. The Kier molecular flexibility index (Phi) is 6.78. The fraction of sp³-hybridized carbons (Fsp3) is 0.444. The van der Waals surface area contributed by atoms with E-state index < -0.39 is 37.3 Å². The van der Waals surface area contributed by atoms with Gasteiger partial charge in [0.2, 0.25) is 5.95 Å². The second kappa shape index (κ2) is 9.10. The number of halogens is 1. The lowest BCUT2D eigenvalue weighted by Crippen LogP contribution is -2.59. The number of aromatic nitrogens is 2. The number of nitrogens with zero attached hydrogens (tertiary/aromatic N) is 2. The number of hydrogen-bond acceptors (Lipinski definition) is 9. The molecule has 1 aliphatic heterocycles. The number of nitrogen functional groups attached to an aromatic ring is 1. The van der Waals surface area contributed by atoms with E-state index in [2.05, 4.69) is 9.97 Å². The van der Waals surface area contributed by atoms with E-state index in [1.807, 2.05) is 0 Å². The van der Waals surface area contributed by atoms with E-state index in [0.717, 1.165) is 5.56 Å². The van der Waals surface area contributed by atoms with Crippen LogP contribution < -0.4 is 5.73 Å². The second-order valence-corrected chi connectivity index (χ2v) is 6.76. The van der Waals surface area contributed by atoms with Gasteiger partial charge >= 0.3 is 0 Å². The highest BCUT2D eigenvalue weighted by molar-refractivity contribution is 6.30. The van der Waals surface area contributed by atoms with Crippen molar-refractivity contribution in [2.24, 2.45) is 0 Å². The molecular formula is C18H22ClN3O6. The number of anilines is 1. The zero-order valence-corrected chi connectivity index (χ0v) is 15.9. The maximum absolute atomic E-state index is 10.3. The zero-order chi connectivity index (χ0) is 20.3. The molecule has 152 valence electrons. The first-order valence-corrected chi connectivity index (χ1v) is 8.97. The van der Waals surface area contributed by atoms with Gasteiger partial charge in [-0.1, -0.05) is 23.7 Å². The summed E-state index contributed by atoms with van der Waals surface area (Å²) in [6.07, 6.45) is -5.53. The molecule has 1 aromatic heterocycles. The highest BCUT2D eigenvalue weighted by Crippen LogP contribution is 2.26. The van der Waals surface area contributed by atoms with Crippen LogP contribution in [0.2, 0.25) is 5.02 Å². The fourth-order valence-electron chi connectivity index (χ4n) is 2.99. The number of methoxy groups -OCH3 is 1. The van der Waals surface area contributed by atoms with Gasteiger partial charge in [0.25, 0.3) is 0 Å². The minimum atomic E-state index is -1.25. The molecule has 5 atom stereocenters. The summed E-state index contributed by atoms with van der Waals surface area (Å²) in [6, 6.07) is 8.76. The second-order valence-electron chi connectivity index (χ2n) is 6.33. The van der Waals surface area contributed by atoms with E-state index in [1.54, 1.807) is 30.3 Å². The Labute approximate surface area is 166 Å². The van der Waals surface area contributed by atoms with Gasteiger partial charge in [0, 0.05) is 17.7 Å². The van der Waals surface area contributed by atoms with Crippen molar-refractivity contribution in [2.75, 3.05) is 19.5 Å². The van der Waals surface area contributed by atoms with Gasteiger partial charge in [-0.05, 0) is 18.2 Å². The van der Waals surface area contributed by atoms with E-state index in [-0.39, 0.29) is 12.6 Å². The van der Waals surface area contributed by atoms with Crippen molar-refractivity contribution < 1.29 is 29.5 Å². The van der Waals surface area contributed by atoms with Crippen molar-refractivity contribution in [3.05, 3.63) is 41.0 Å². The molecule has 0 bridgehead atoms. The molecule has 0 spiro atoms. The number of aliphatic hydroxyl groups excluding tert-OH is 3. The van der Waals surface area contributed by atoms with Crippen LogP contribution in [-0.4, -0.2) is 69.7 Å². The minimum Gasteiger partial charge on any atom is -0.394 e. The molecule has 3 rings (SSSR count). The van der Waals surface area contributed by atoms with Crippen LogP contribution in [0.15, 0.2) is 30.3 Å². The predicted octanol–water partition coefficient (Wildman–Crippen LogP) is 0.350. The number of benzene rings is 1. The standard InChI is InChI=1S/C18H22ClN3O6/c1-26-17-15(25)16(14(24)13(7-23)28-17)27-8-11-6-12(22-18(20)21-11)9-2-4-10(19)5-3-9/h2-6,13-17,23-25H,7-8H2,1H3,(H2,20,21,22)/t13-,14+,15-,16+,17-/m1/s1. The molecule has 0 aliphatic carbocycles. The van der Waals surface area contributed by atoms with E-state index in [4.69, 9.17) is 31.5 Å². The summed E-state index contributed by atoms with van der Waals surface area (Å²) >= 11 is 5.91. The highest BCUT2D eigenvalue weighted by atomic mass is 35.5. The third-order valence-corrected chi connectivity index (χ3v) is 4.67. The van der Waals surface area contributed by atoms with Crippen molar-refractivity contribution in [3.8, 4) is 11.3 Å². The van der Waals surface area contributed by atoms with Crippen LogP contribution in [0.1, 0.15) is 5.69 Å². The normalized spacial score (nSPS) is 27.7. The Balaban J connectivity index is 1.77. The molecule has 10 heteroatoms. The van der Waals surface area contributed by atoms with Gasteiger partial charge in [0.1, 0.15) is 24.4 Å². The number of ether oxygens (including phenoxy) is 3. The zero-order valence-electron chi connectivity index (χ0n) is 15.1. The topological polar surface area (TPSA) is 140 Å². The van der Waals surface area contributed by atoms with Crippen LogP contribution >= 0.6 is 11.6 Å². The van der Waals surface area contributed by atoms with E-state index >= 15 is 0 Å². The van der Waals surface area contributed by atoms with Crippen molar-refractivity contribution in [2.45, 2.75) is 37.3 Å². The smallest absolute Gasteiger partial charge is 0.220 e. The third-order valence-electron chi connectivity index (χ3n) is 4.41. The first-order valence-electron chi connectivity index (χ1n) is 8.59. The summed E-state index contributed by atoms with van der Waals surface area (Å²) in [4.78, 5) is 8.34. The Morgan fingerprint density at radius 2 is 1.89 bits per heavy atom. The minimum absolute atomic E-state index is 0.0549. The molecule has 2 heterocycles. The van der Waals surface area contributed by atoms with Gasteiger partial charge in [0.05, 0.1) is 24.6 Å². The van der Waals surface area contributed by atoms with Crippen LogP contribution in [0.4, 0.5) is 5.95 Å². The lowest BCUT2D eigenvalue weighted by molar-refractivity contribution is -0.303. The highest BCUT2D eigenvalue weighted by Gasteiger charge is 2.45. The first kappa shape index (κ1) is 20.9. The number of hydrogen-bond donors (Lipinski definition) is 4. The summed E-state index contributed by atoms with van der Waals surface area (Å²) in [5.41, 5.74) is 7.64. The Morgan fingerprint density at radius 1 is 1.18 bits per heavy atom. The maximum Gasteiger partial charge on any atom is 0.220 e. The number of rotatable bonds is 6. The Hall–Kier alpha value is -1.85. The van der Waals surface area contributed by atoms with Crippen molar-refractivity contribution >= 4 is 17.5 Å². The number of nitrogens with two attached hydrogens (primary N) is 1. The van der Waals surface area contributed by atoms with Crippen LogP contribution in [0, 0.1) is 0 Å². The van der Waals surface area contributed by atoms with Crippen molar-refractivity contribution in [1.29, 1.82) is 0 Å². The SMILES string of the molecule is CO[C@@H]1O[C@H](CO)[C@H](O)[C@H](OCc2cc(-c3ccc(Cl)cc3)nc(N)n2)[C@H]1O. The summed E-state index contributed by atoms with van der Waals surface area (Å²) in [5, 5.41) is 30.6. The molecule has 0 amide bonds. The Bertz CT molecular complexity index is 777. The molecule has 1 aliphatic rings. The van der Waals surface area contributed by atoms with Crippen LogP contribution in [-0.2, 0) is 20.8 Å².